The van der Waals surface area contributed by atoms with Gasteiger partial charge in [0, 0.05) is 0 Å². The largest absolute Gasteiger partial charge is 0.756 e. The van der Waals surface area contributed by atoms with Gasteiger partial charge in [0.25, 0.3) is 42.4 Å². The highest BCUT2D eigenvalue weighted by Crippen LogP contribution is 2.67. The Morgan fingerprint density at radius 2 is 1.00 bits per heavy atom. The quantitative estimate of drug-likeness (QED) is 0.0546. The summed E-state index contributed by atoms with van der Waals surface area (Å²) in [6.07, 6.45) is -12.4. The molecule has 12 atom stereocenters. The van der Waals surface area contributed by atoms with Gasteiger partial charge in [0.1, 0.15) is 36.6 Å². The van der Waals surface area contributed by atoms with E-state index in [4.69, 9.17) is 20.9 Å². The number of phosphoric acid groups is 4. The molecule has 0 bridgehead atoms. The van der Waals surface area contributed by atoms with Gasteiger partial charge >= 0.3 is 0 Å². The van der Waals surface area contributed by atoms with Crippen LogP contribution in [0.1, 0.15) is 12.5 Å². The fraction of sp³-hybridized carbons (Fsp3) is 0.500. The minimum atomic E-state index is -6.65. The summed E-state index contributed by atoms with van der Waals surface area (Å²) in [6.45, 7) is -2.59. The summed E-state index contributed by atoms with van der Waals surface area (Å²) < 4.78 is 80.7. The monoisotopic (exact) mass is 864 g/mol. The number of nitrogen functional groups attached to an aromatic ring is 2. The van der Waals surface area contributed by atoms with Crippen molar-refractivity contribution in [3.05, 3.63) is 33.4 Å². The molecule has 4 aromatic heterocycles. The number of imidazole rings is 2. The summed E-state index contributed by atoms with van der Waals surface area (Å²) in [7, 11) is -25.7. The van der Waals surface area contributed by atoms with Crippen molar-refractivity contribution in [1.82, 2.24) is 39.0 Å². The molecule has 0 radical (unpaired) electrons. The van der Waals surface area contributed by atoms with Crippen LogP contribution in [0.15, 0.2) is 22.2 Å². The Bertz CT molecular complexity index is 2260. The number of fused-ring (bicyclic) bond motifs is 2. The van der Waals surface area contributed by atoms with Gasteiger partial charge in [-0.15, -0.1) is 0 Å². The number of aliphatic hydroxyl groups is 4. The second-order valence-corrected chi connectivity index (χ2v) is 17.3. The molecule has 304 valence electrons. The lowest BCUT2D eigenvalue weighted by molar-refractivity contribution is -0.255. The van der Waals surface area contributed by atoms with Gasteiger partial charge < -0.3 is 70.0 Å². The van der Waals surface area contributed by atoms with Crippen LogP contribution in [-0.4, -0.2) is 109 Å². The van der Waals surface area contributed by atoms with E-state index >= 15 is 0 Å². The fourth-order valence-corrected chi connectivity index (χ4v) is 9.98. The number of anilines is 2. The first kappa shape index (κ1) is 41.3. The number of nitrogens with one attached hydrogen (secondary N) is 2. The maximum Gasteiger partial charge on any atom is 0.280 e. The van der Waals surface area contributed by atoms with E-state index in [1.165, 1.54) is 0 Å². The van der Waals surface area contributed by atoms with Crippen molar-refractivity contribution >= 4 is 65.5 Å². The molecule has 6 rings (SSSR count). The van der Waals surface area contributed by atoms with Crippen LogP contribution in [0.5, 0.6) is 0 Å². The van der Waals surface area contributed by atoms with Crippen LogP contribution < -0.4 is 42.2 Å². The number of nitrogens with two attached hydrogens (primary N) is 2. The first-order chi connectivity index (χ1) is 25.5. The lowest BCUT2D eigenvalue weighted by atomic mass is 10.1. The van der Waals surface area contributed by atoms with Crippen LogP contribution in [0.3, 0.4) is 0 Å². The molecule has 0 aliphatic carbocycles. The highest BCUT2D eigenvalue weighted by atomic mass is 31.3. The Hall–Kier alpha value is -3.38. The molecule has 2 aliphatic heterocycles. The Labute approximate surface area is 301 Å². The predicted octanol–water partition coefficient (Wildman–Crippen LogP) is -6.39. The third-order valence-corrected chi connectivity index (χ3v) is 13.2. The van der Waals surface area contributed by atoms with E-state index in [9.17, 15) is 67.8 Å². The van der Waals surface area contributed by atoms with Gasteiger partial charge in [-0.2, -0.15) is 9.97 Å². The Morgan fingerprint density at radius 1 is 0.655 bits per heavy atom. The molecule has 4 unspecified atom stereocenters. The topological polar surface area (TPSA) is 485 Å². The van der Waals surface area contributed by atoms with Gasteiger partial charge in [0.05, 0.1) is 25.9 Å². The molecule has 0 aromatic carbocycles. The molecule has 35 heteroatoms. The van der Waals surface area contributed by atoms with Gasteiger partial charge in [-0.25, -0.2) is 22.9 Å². The first-order valence-electron chi connectivity index (χ1n) is 14.6. The molecule has 0 saturated carbocycles. The number of aliphatic hydroxyl groups excluding tert-OH is 4. The lowest BCUT2D eigenvalue weighted by Crippen LogP contribution is -2.34. The average Bonchev–Trinajstić information content (AvgIpc) is 3.79. The third-order valence-electron chi connectivity index (χ3n) is 7.52. The van der Waals surface area contributed by atoms with E-state index in [2.05, 4.69) is 51.9 Å². The van der Waals surface area contributed by atoms with Gasteiger partial charge in [0.2, 0.25) is 11.9 Å². The zero-order valence-electron chi connectivity index (χ0n) is 26.5. The van der Waals surface area contributed by atoms with Crippen LogP contribution in [0.25, 0.3) is 22.3 Å². The summed E-state index contributed by atoms with van der Waals surface area (Å²) in [6, 6.07) is 0. The van der Waals surface area contributed by atoms with Crippen LogP contribution in [-0.2, 0) is 49.7 Å². The second-order valence-electron chi connectivity index (χ2n) is 11.3. The Balaban J connectivity index is 1.02. The standard InChI is InChI=1S/C20H28N10O21P4/c21-19-25-13-7(15(35)27-19)23-3-29(13)17-11(33)9(31)5(47-17)1-45-52(37,38)49-54(41,42)51-55(43,44)50-53(39,40)46-2-6-10(32)12(34)18(48-6)30-4-24-8-14(30)26-20(22)28-16(8)36/h3-6,9-12,17-18,31-34H,1-2H2,(H,37,38)(H,39,40)(H,41,42)(H,43,44)(H3,21,25,27,35)(H3,22,26,28,36)/p-4/t5-,6-,9-,10-,11-,12-,17-,18-/m1/s1. The third kappa shape index (κ3) is 8.80. The smallest absolute Gasteiger partial charge is 0.280 e. The number of hydrogen-bond acceptors (Lipinski definition) is 27. The minimum absolute atomic E-state index is 0.223. The number of aromatic amines is 2. The number of phosphoric ester groups is 2. The molecule has 31 nitrogen and oxygen atoms in total. The molecule has 0 spiro atoms. The number of H-pyrrole nitrogens is 2. The molecule has 6 heterocycles. The zero-order chi connectivity index (χ0) is 40.4. The van der Waals surface area contributed by atoms with Crippen molar-refractivity contribution < 1.29 is 89.7 Å². The Kier molecular flexibility index (Phi) is 11.1. The summed E-state index contributed by atoms with van der Waals surface area (Å²) in [5, 5.41) is 41.6. The van der Waals surface area contributed by atoms with E-state index < -0.39 is 105 Å². The molecular formula is C20H24N10O21P4-4. The number of nitrogens with zero attached hydrogens (tertiary/aromatic N) is 6. The SMILES string of the molecule is Nc1nc2c(ncn2[C@@H]2O[C@H](COP(=O)([O-])OP(=O)([O-])OP(=O)([O-])OP(=O)([O-])OC[C@H]3O[C@@H](n4cnc5c(=O)[nH]c(N)nc54)[C@H](O)[C@@H]3O)[C@@H](O)[C@H]2O)c(=O)[nH]1. The van der Waals surface area contributed by atoms with Crippen molar-refractivity contribution in [2.45, 2.75) is 49.1 Å². The highest BCUT2D eigenvalue weighted by Gasteiger charge is 2.46. The number of hydrogen-bond donors (Lipinski definition) is 8. The zero-order valence-corrected chi connectivity index (χ0v) is 30.1. The normalized spacial score (nSPS) is 30.3. The molecular weight excluding hydrogens is 840 g/mol. The van der Waals surface area contributed by atoms with Crippen LogP contribution in [0, 0.1) is 0 Å². The van der Waals surface area contributed by atoms with E-state index in [1.54, 1.807) is 0 Å². The number of rotatable bonds is 14. The summed E-state index contributed by atoms with van der Waals surface area (Å²) >= 11 is 0. The maximum absolute atomic E-state index is 12.2. The van der Waals surface area contributed by atoms with Crippen molar-refractivity contribution in [3.8, 4) is 0 Å². The fourth-order valence-electron chi connectivity index (χ4n) is 5.23. The molecule has 2 aliphatic rings. The molecule has 2 saturated heterocycles. The van der Waals surface area contributed by atoms with Crippen molar-refractivity contribution in [3.63, 3.8) is 0 Å². The van der Waals surface area contributed by atoms with E-state index in [0.717, 1.165) is 21.8 Å². The van der Waals surface area contributed by atoms with Gasteiger partial charge in [-0.05, 0) is 0 Å². The van der Waals surface area contributed by atoms with Crippen LogP contribution in [0.2, 0.25) is 0 Å². The maximum atomic E-state index is 12.2. The first-order valence-corrected chi connectivity index (χ1v) is 20.5. The second kappa shape index (κ2) is 14.8. The van der Waals surface area contributed by atoms with E-state index in [0.29, 0.717) is 0 Å². The Morgan fingerprint density at radius 3 is 1.36 bits per heavy atom. The average molecular weight is 864 g/mol. The van der Waals surface area contributed by atoms with Crippen molar-refractivity contribution in [2.24, 2.45) is 0 Å². The number of aromatic nitrogens is 8. The van der Waals surface area contributed by atoms with Gasteiger partial charge in [-0.1, -0.05) is 0 Å². The molecule has 4 aromatic rings. The minimum Gasteiger partial charge on any atom is -0.756 e. The lowest BCUT2D eigenvalue weighted by Gasteiger charge is -2.36. The molecule has 55 heavy (non-hydrogen) atoms. The number of ether oxygens (including phenoxy) is 2. The summed E-state index contributed by atoms with van der Waals surface area (Å²) in [5.74, 6) is -0.724. The van der Waals surface area contributed by atoms with Crippen molar-refractivity contribution in [1.29, 1.82) is 0 Å². The van der Waals surface area contributed by atoms with Crippen LogP contribution in [0.4, 0.5) is 11.9 Å². The van der Waals surface area contributed by atoms with Crippen molar-refractivity contribution in [2.75, 3.05) is 24.7 Å². The molecule has 0 amide bonds. The summed E-state index contributed by atoms with van der Waals surface area (Å²) in [5.41, 5.74) is 8.49. The highest BCUT2D eigenvalue weighted by molar-refractivity contribution is 7.68. The van der Waals surface area contributed by atoms with E-state index in [1.807, 2.05) is 0 Å². The van der Waals surface area contributed by atoms with Crippen LogP contribution >= 0.6 is 31.3 Å². The molecule has 2 fully saturated rings. The predicted molar refractivity (Wildman–Crippen MR) is 163 cm³/mol. The summed E-state index contributed by atoms with van der Waals surface area (Å²) in [4.78, 5) is 92.4. The van der Waals surface area contributed by atoms with E-state index in [-0.39, 0.29) is 34.2 Å². The van der Waals surface area contributed by atoms with Gasteiger partial charge in [-0.3, -0.25) is 47.0 Å². The molecule has 10 N–H and O–H groups in total. The van der Waals surface area contributed by atoms with Gasteiger partial charge in [0.15, 0.2) is 34.8 Å².